The molecule has 1 aromatic heterocycles. The van der Waals surface area contributed by atoms with Gasteiger partial charge in [-0.3, -0.25) is 14.9 Å². The van der Waals surface area contributed by atoms with Gasteiger partial charge in [-0.1, -0.05) is 34.7 Å². The van der Waals surface area contributed by atoms with Crippen molar-refractivity contribution in [3.05, 3.63) is 33.3 Å². The van der Waals surface area contributed by atoms with E-state index in [9.17, 15) is 14.9 Å². The summed E-state index contributed by atoms with van der Waals surface area (Å²) in [6.45, 7) is 2.70. The number of anilines is 2. The van der Waals surface area contributed by atoms with E-state index < -0.39 is 4.92 Å². The topological polar surface area (TPSA) is 110 Å². The molecule has 0 aliphatic carbocycles. The number of nitrogens with one attached hydrogen (secondary N) is 2. The van der Waals surface area contributed by atoms with Crippen molar-refractivity contribution in [3.63, 3.8) is 0 Å². The van der Waals surface area contributed by atoms with E-state index in [1.807, 2.05) is 6.92 Å². The molecule has 23 heavy (non-hydrogen) atoms. The summed E-state index contributed by atoms with van der Waals surface area (Å²) in [7, 11) is 0. The van der Waals surface area contributed by atoms with Gasteiger partial charge in [-0.15, -0.1) is 10.2 Å². The first kappa shape index (κ1) is 17.4. The van der Waals surface area contributed by atoms with Gasteiger partial charge in [0.05, 0.1) is 10.7 Å². The van der Waals surface area contributed by atoms with Crippen LogP contribution in [-0.4, -0.2) is 33.3 Å². The Hall–Kier alpha value is -1.91. The van der Waals surface area contributed by atoms with Crippen LogP contribution in [0.25, 0.3) is 0 Å². The maximum atomic E-state index is 11.9. The van der Waals surface area contributed by atoms with E-state index in [-0.39, 0.29) is 22.4 Å². The molecule has 0 radical (unpaired) electrons. The lowest BCUT2D eigenvalue weighted by atomic mass is 10.3. The van der Waals surface area contributed by atoms with Crippen LogP contribution in [0.15, 0.2) is 22.5 Å². The van der Waals surface area contributed by atoms with Crippen LogP contribution in [0.2, 0.25) is 5.02 Å². The molecule has 0 fully saturated rings. The summed E-state index contributed by atoms with van der Waals surface area (Å²) in [5, 5.41) is 25.0. The lowest BCUT2D eigenvalue weighted by Gasteiger charge is -2.04. The highest BCUT2D eigenvalue weighted by Gasteiger charge is 2.14. The summed E-state index contributed by atoms with van der Waals surface area (Å²) < 4.78 is 0.665. The molecular weight excluding hydrogens is 362 g/mol. The summed E-state index contributed by atoms with van der Waals surface area (Å²) in [6.07, 6.45) is 0. The molecule has 0 aliphatic heterocycles. The van der Waals surface area contributed by atoms with Gasteiger partial charge in [-0.25, -0.2) is 0 Å². The van der Waals surface area contributed by atoms with Crippen molar-refractivity contribution < 1.29 is 9.72 Å². The van der Waals surface area contributed by atoms with Crippen LogP contribution < -0.4 is 10.6 Å². The van der Waals surface area contributed by atoms with Gasteiger partial charge in [0.2, 0.25) is 11.0 Å². The Kier molecular flexibility index (Phi) is 6.13. The lowest BCUT2D eigenvalue weighted by molar-refractivity contribution is -0.384. The molecule has 2 rings (SSSR count). The molecular formula is C12H12ClN5O3S2. The number of nitro benzene ring substituents is 1. The fourth-order valence-corrected chi connectivity index (χ4v) is 3.35. The second-order valence-electron chi connectivity index (χ2n) is 4.16. The van der Waals surface area contributed by atoms with E-state index >= 15 is 0 Å². The average molecular weight is 374 g/mol. The Labute approximate surface area is 144 Å². The fourth-order valence-electron chi connectivity index (χ4n) is 1.55. The number of rotatable bonds is 7. The first-order valence-corrected chi connectivity index (χ1v) is 8.61. The molecule has 2 N–H and O–H groups in total. The Morgan fingerprint density at radius 3 is 2.96 bits per heavy atom. The number of thioether (sulfide) groups is 1. The van der Waals surface area contributed by atoms with Gasteiger partial charge in [0.25, 0.3) is 5.69 Å². The van der Waals surface area contributed by atoms with Crippen LogP contribution in [0, 0.1) is 10.1 Å². The number of halogens is 1. The number of benzene rings is 1. The van der Waals surface area contributed by atoms with Gasteiger partial charge in [0, 0.05) is 18.3 Å². The minimum absolute atomic E-state index is 0.0205. The van der Waals surface area contributed by atoms with E-state index in [1.165, 1.54) is 41.3 Å². The maximum absolute atomic E-state index is 11.9. The number of nitrogens with zero attached hydrogens (tertiary/aromatic N) is 3. The third-order valence-corrected chi connectivity index (χ3v) is 4.82. The molecule has 0 saturated heterocycles. The normalized spacial score (nSPS) is 10.3. The molecule has 122 valence electrons. The molecule has 1 amide bonds. The van der Waals surface area contributed by atoms with Crippen LogP contribution in [0.3, 0.4) is 0 Å². The lowest BCUT2D eigenvalue weighted by Crippen LogP contribution is -2.14. The number of carbonyl (C=O) groups is 1. The van der Waals surface area contributed by atoms with Gasteiger partial charge in [0.1, 0.15) is 5.02 Å². The first-order valence-electron chi connectivity index (χ1n) is 6.43. The molecule has 0 bridgehead atoms. The highest BCUT2D eigenvalue weighted by molar-refractivity contribution is 8.01. The zero-order valence-electron chi connectivity index (χ0n) is 11.9. The third-order valence-electron chi connectivity index (χ3n) is 2.49. The fraction of sp³-hybridized carbons (Fsp3) is 0.250. The molecule has 0 saturated carbocycles. The van der Waals surface area contributed by atoms with E-state index in [1.54, 1.807) is 0 Å². The second kappa shape index (κ2) is 8.09. The molecule has 0 aliphatic rings. The van der Waals surface area contributed by atoms with Crippen molar-refractivity contribution in [2.24, 2.45) is 0 Å². The third kappa shape index (κ3) is 5.05. The molecule has 11 heteroatoms. The minimum atomic E-state index is -0.601. The largest absolute Gasteiger partial charge is 0.360 e. The van der Waals surface area contributed by atoms with Crippen molar-refractivity contribution in [1.29, 1.82) is 0 Å². The van der Waals surface area contributed by atoms with Gasteiger partial charge in [-0.2, -0.15) is 0 Å². The van der Waals surface area contributed by atoms with Crippen molar-refractivity contribution in [3.8, 4) is 0 Å². The summed E-state index contributed by atoms with van der Waals surface area (Å²) in [6, 6.07) is 4.10. The molecule has 0 spiro atoms. The minimum Gasteiger partial charge on any atom is -0.360 e. The number of hydrogen-bond acceptors (Lipinski definition) is 8. The number of nitro groups is 1. The van der Waals surface area contributed by atoms with Crippen LogP contribution >= 0.6 is 34.7 Å². The van der Waals surface area contributed by atoms with E-state index in [4.69, 9.17) is 11.6 Å². The summed E-state index contributed by atoms with van der Waals surface area (Å²) >= 11 is 8.32. The molecule has 0 unspecified atom stereocenters. The predicted octanol–water partition coefficient (Wildman–Crippen LogP) is 3.26. The van der Waals surface area contributed by atoms with Crippen LogP contribution in [0.5, 0.6) is 0 Å². The molecule has 0 atom stereocenters. The monoisotopic (exact) mass is 373 g/mol. The SMILES string of the molecule is CCNc1nnc(SCC(=O)Nc2ccc(Cl)c([N+](=O)[O-])c2)s1. The van der Waals surface area contributed by atoms with Crippen LogP contribution in [0.1, 0.15) is 6.92 Å². The van der Waals surface area contributed by atoms with E-state index in [0.717, 1.165) is 6.54 Å². The maximum Gasteiger partial charge on any atom is 0.289 e. The summed E-state index contributed by atoms with van der Waals surface area (Å²) in [4.78, 5) is 22.1. The number of carbonyl (C=O) groups excluding carboxylic acids is 1. The van der Waals surface area contributed by atoms with Crippen molar-refractivity contribution in [2.45, 2.75) is 11.3 Å². The van der Waals surface area contributed by atoms with Gasteiger partial charge < -0.3 is 10.6 Å². The Balaban J connectivity index is 1.91. The smallest absolute Gasteiger partial charge is 0.289 e. The van der Waals surface area contributed by atoms with E-state index in [2.05, 4.69) is 20.8 Å². The number of hydrogen-bond donors (Lipinski definition) is 2. The Morgan fingerprint density at radius 2 is 2.26 bits per heavy atom. The predicted molar refractivity (Wildman–Crippen MR) is 91.5 cm³/mol. The van der Waals surface area contributed by atoms with Crippen molar-refractivity contribution in [1.82, 2.24) is 10.2 Å². The molecule has 2 aromatic rings. The quantitative estimate of drug-likeness (QED) is 0.435. The highest BCUT2D eigenvalue weighted by Crippen LogP contribution is 2.28. The van der Waals surface area contributed by atoms with Crippen molar-refractivity contribution in [2.75, 3.05) is 22.9 Å². The average Bonchev–Trinajstić information content (AvgIpc) is 2.95. The summed E-state index contributed by atoms with van der Waals surface area (Å²) in [5.41, 5.74) is 0.0637. The molecule has 1 heterocycles. The number of amides is 1. The molecule has 1 aromatic carbocycles. The highest BCUT2D eigenvalue weighted by atomic mass is 35.5. The van der Waals surface area contributed by atoms with Crippen LogP contribution in [-0.2, 0) is 4.79 Å². The Morgan fingerprint density at radius 1 is 1.48 bits per heavy atom. The molecule has 8 nitrogen and oxygen atoms in total. The standard InChI is InChI=1S/C12H12ClN5O3S2/c1-2-14-11-16-17-12(23-11)22-6-10(19)15-7-3-4-8(13)9(5-7)18(20)21/h3-5H,2,6H2,1H3,(H,14,16)(H,15,19). The van der Waals surface area contributed by atoms with Gasteiger partial charge in [-0.05, 0) is 19.1 Å². The zero-order chi connectivity index (χ0) is 16.8. The van der Waals surface area contributed by atoms with E-state index in [0.29, 0.717) is 15.2 Å². The first-order chi connectivity index (χ1) is 11.0. The zero-order valence-corrected chi connectivity index (χ0v) is 14.3. The second-order valence-corrected chi connectivity index (χ2v) is 6.77. The summed E-state index contributed by atoms with van der Waals surface area (Å²) in [5.74, 6) is -0.177. The Bertz CT molecular complexity index is 724. The number of aromatic nitrogens is 2. The van der Waals surface area contributed by atoms with Crippen molar-refractivity contribution >= 4 is 57.1 Å². The van der Waals surface area contributed by atoms with Gasteiger partial charge >= 0.3 is 0 Å². The van der Waals surface area contributed by atoms with Gasteiger partial charge in [0.15, 0.2) is 4.34 Å². The van der Waals surface area contributed by atoms with Crippen LogP contribution in [0.4, 0.5) is 16.5 Å².